The highest BCUT2D eigenvalue weighted by molar-refractivity contribution is 7.99. The third-order valence-corrected chi connectivity index (χ3v) is 4.94. The number of ether oxygens (including phenoxy) is 1. The van der Waals surface area contributed by atoms with Crippen molar-refractivity contribution in [3.05, 3.63) is 16.1 Å². The van der Waals surface area contributed by atoms with Crippen molar-refractivity contribution in [1.82, 2.24) is 25.2 Å². The van der Waals surface area contributed by atoms with Crippen molar-refractivity contribution in [2.75, 3.05) is 12.4 Å². The van der Waals surface area contributed by atoms with Crippen LogP contribution in [0.15, 0.2) is 10.5 Å². The average Bonchev–Trinajstić information content (AvgIpc) is 3.15. The Morgan fingerprint density at radius 2 is 2.50 bits per heavy atom. The second kappa shape index (κ2) is 6.64. The van der Waals surface area contributed by atoms with E-state index in [1.54, 1.807) is 23.1 Å². The third-order valence-electron chi connectivity index (χ3n) is 3.16. The molecule has 2 aromatic rings. The van der Waals surface area contributed by atoms with Crippen molar-refractivity contribution < 1.29 is 4.74 Å². The minimum absolute atomic E-state index is 0.263. The van der Waals surface area contributed by atoms with E-state index in [1.807, 2.05) is 11.6 Å². The molecule has 1 atom stereocenters. The number of hydrogen-bond acceptors (Lipinski definition) is 7. The molecule has 0 radical (unpaired) electrons. The zero-order valence-electron chi connectivity index (χ0n) is 11.4. The summed E-state index contributed by atoms with van der Waals surface area (Å²) < 4.78 is 7.48. The van der Waals surface area contributed by atoms with Gasteiger partial charge in [0.1, 0.15) is 0 Å². The molecule has 0 spiro atoms. The van der Waals surface area contributed by atoms with Gasteiger partial charge in [0.05, 0.1) is 23.4 Å². The van der Waals surface area contributed by atoms with Crippen LogP contribution in [-0.2, 0) is 17.7 Å². The molecule has 0 aromatic carbocycles. The van der Waals surface area contributed by atoms with Crippen LogP contribution in [0.3, 0.4) is 0 Å². The van der Waals surface area contributed by atoms with Crippen molar-refractivity contribution in [1.29, 1.82) is 0 Å². The summed E-state index contributed by atoms with van der Waals surface area (Å²) in [5.41, 5.74) is 1.15. The lowest BCUT2D eigenvalue weighted by molar-refractivity contribution is 0.0912. The van der Waals surface area contributed by atoms with Crippen molar-refractivity contribution >= 4 is 23.1 Å². The summed E-state index contributed by atoms with van der Waals surface area (Å²) in [4.78, 5) is 4.46. The summed E-state index contributed by atoms with van der Waals surface area (Å²) in [7, 11) is 0. The van der Waals surface area contributed by atoms with Gasteiger partial charge in [0.25, 0.3) is 0 Å². The largest absolute Gasteiger partial charge is 0.376 e. The molecule has 0 aliphatic carbocycles. The predicted molar refractivity (Wildman–Crippen MR) is 78.1 cm³/mol. The van der Waals surface area contributed by atoms with Gasteiger partial charge in [-0.2, -0.15) is 0 Å². The molecule has 2 aromatic heterocycles. The molecule has 8 heteroatoms. The lowest BCUT2D eigenvalue weighted by atomic mass is 10.2. The number of thioether (sulfide) groups is 1. The molecule has 20 heavy (non-hydrogen) atoms. The Morgan fingerprint density at radius 3 is 3.25 bits per heavy atom. The first-order valence-corrected chi connectivity index (χ1v) is 8.59. The first kappa shape index (κ1) is 14.0. The molecule has 108 valence electrons. The maximum atomic E-state index is 5.62. The summed E-state index contributed by atoms with van der Waals surface area (Å²) in [6, 6.07) is 0. The van der Waals surface area contributed by atoms with Gasteiger partial charge in [-0.15, -0.1) is 16.4 Å². The molecule has 0 unspecified atom stereocenters. The SMILES string of the molecule is Cc1nc(CCSc2nnnn2C[C@H]2CCCO2)cs1. The molecule has 0 N–H and O–H groups in total. The van der Waals surface area contributed by atoms with Gasteiger partial charge in [0, 0.05) is 24.2 Å². The Balaban J connectivity index is 1.51. The van der Waals surface area contributed by atoms with Crippen LogP contribution in [-0.4, -0.2) is 43.7 Å². The van der Waals surface area contributed by atoms with E-state index in [9.17, 15) is 0 Å². The number of hydrogen-bond donors (Lipinski definition) is 0. The first-order valence-electron chi connectivity index (χ1n) is 6.73. The number of thiazole rings is 1. The number of tetrazole rings is 1. The van der Waals surface area contributed by atoms with E-state index in [0.29, 0.717) is 0 Å². The minimum atomic E-state index is 0.263. The topological polar surface area (TPSA) is 65.7 Å². The third kappa shape index (κ3) is 3.56. The first-order chi connectivity index (χ1) is 9.81. The van der Waals surface area contributed by atoms with E-state index in [4.69, 9.17) is 4.74 Å². The summed E-state index contributed by atoms with van der Waals surface area (Å²) >= 11 is 3.37. The van der Waals surface area contributed by atoms with Gasteiger partial charge in [-0.1, -0.05) is 11.8 Å². The Labute approximate surface area is 125 Å². The summed E-state index contributed by atoms with van der Waals surface area (Å²) in [5, 5.41) is 16.0. The van der Waals surface area contributed by atoms with E-state index in [2.05, 4.69) is 25.9 Å². The van der Waals surface area contributed by atoms with Gasteiger partial charge in [0.2, 0.25) is 5.16 Å². The molecule has 0 amide bonds. The Morgan fingerprint density at radius 1 is 1.55 bits per heavy atom. The van der Waals surface area contributed by atoms with E-state index in [0.717, 1.165) is 54.0 Å². The smallest absolute Gasteiger partial charge is 0.209 e. The highest BCUT2D eigenvalue weighted by Crippen LogP contribution is 2.19. The lowest BCUT2D eigenvalue weighted by Crippen LogP contribution is -2.17. The van der Waals surface area contributed by atoms with Crippen LogP contribution in [0.2, 0.25) is 0 Å². The fourth-order valence-corrected chi connectivity index (χ4v) is 3.66. The van der Waals surface area contributed by atoms with E-state index >= 15 is 0 Å². The molecule has 0 bridgehead atoms. The quantitative estimate of drug-likeness (QED) is 0.760. The van der Waals surface area contributed by atoms with E-state index in [-0.39, 0.29) is 6.10 Å². The standard InChI is InChI=1S/C12H17N5OS2/c1-9-13-10(8-20-9)4-6-19-12-14-15-16-17(12)7-11-3-2-5-18-11/h8,11H,2-7H2,1H3/t11-/m1/s1. The zero-order valence-corrected chi connectivity index (χ0v) is 13.0. The lowest BCUT2D eigenvalue weighted by Gasteiger charge is -2.09. The Hall–Kier alpha value is -0.990. The summed E-state index contributed by atoms with van der Waals surface area (Å²) in [5.74, 6) is 0.940. The average molecular weight is 311 g/mol. The maximum Gasteiger partial charge on any atom is 0.209 e. The van der Waals surface area contributed by atoms with Crippen LogP contribution >= 0.6 is 23.1 Å². The van der Waals surface area contributed by atoms with Gasteiger partial charge < -0.3 is 4.74 Å². The van der Waals surface area contributed by atoms with Gasteiger partial charge in [-0.05, 0) is 30.2 Å². The van der Waals surface area contributed by atoms with Crippen LogP contribution in [0.25, 0.3) is 0 Å². The zero-order chi connectivity index (χ0) is 13.8. The Bertz CT molecular complexity index is 550. The van der Waals surface area contributed by atoms with Gasteiger partial charge in [-0.25, -0.2) is 9.67 Å². The molecule has 0 saturated carbocycles. The molecule has 1 aliphatic rings. The molecule has 1 fully saturated rings. The summed E-state index contributed by atoms with van der Waals surface area (Å²) in [6.45, 7) is 3.65. The van der Waals surface area contributed by atoms with Crippen molar-refractivity contribution in [2.24, 2.45) is 0 Å². The van der Waals surface area contributed by atoms with Crippen LogP contribution in [0.4, 0.5) is 0 Å². The van der Waals surface area contributed by atoms with E-state index in [1.165, 1.54) is 0 Å². The van der Waals surface area contributed by atoms with Crippen molar-refractivity contribution in [3.8, 4) is 0 Å². The molecule has 3 heterocycles. The number of nitrogens with zero attached hydrogens (tertiary/aromatic N) is 5. The minimum Gasteiger partial charge on any atom is -0.376 e. The second-order valence-electron chi connectivity index (χ2n) is 4.73. The molecule has 1 aliphatic heterocycles. The number of aryl methyl sites for hydroxylation is 2. The number of rotatable bonds is 6. The van der Waals surface area contributed by atoms with Crippen LogP contribution in [0.1, 0.15) is 23.5 Å². The predicted octanol–water partition coefficient (Wildman–Crippen LogP) is 1.95. The van der Waals surface area contributed by atoms with Gasteiger partial charge >= 0.3 is 0 Å². The van der Waals surface area contributed by atoms with Crippen LogP contribution in [0, 0.1) is 6.92 Å². The summed E-state index contributed by atoms with van der Waals surface area (Å²) in [6.07, 6.45) is 3.45. The number of aromatic nitrogens is 5. The normalized spacial score (nSPS) is 18.8. The molecule has 6 nitrogen and oxygen atoms in total. The highest BCUT2D eigenvalue weighted by Gasteiger charge is 2.18. The fraction of sp³-hybridized carbons (Fsp3) is 0.667. The van der Waals surface area contributed by atoms with Crippen molar-refractivity contribution in [2.45, 2.75) is 44.0 Å². The highest BCUT2D eigenvalue weighted by atomic mass is 32.2. The maximum absolute atomic E-state index is 5.62. The molecular formula is C12H17N5OS2. The Kier molecular flexibility index (Phi) is 4.64. The van der Waals surface area contributed by atoms with Crippen LogP contribution < -0.4 is 0 Å². The molecule has 3 rings (SSSR count). The van der Waals surface area contributed by atoms with Crippen LogP contribution in [0.5, 0.6) is 0 Å². The molecular weight excluding hydrogens is 294 g/mol. The fourth-order valence-electron chi connectivity index (χ4n) is 2.17. The van der Waals surface area contributed by atoms with Gasteiger partial charge in [-0.3, -0.25) is 0 Å². The van der Waals surface area contributed by atoms with Gasteiger partial charge in [0.15, 0.2) is 0 Å². The monoisotopic (exact) mass is 311 g/mol. The second-order valence-corrected chi connectivity index (χ2v) is 6.86. The van der Waals surface area contributed by atoms with E-state index < -0.39 is 0 Å². The molecule has 1 saturated heterocycles. The van der Waals surface area contributed by atoms with Crippen molar-refractivity contribution in [3.63, 3.8) is 0 Å².